The Balaban J connectivity index is 3.14. The maximum Gasteiger partial charge on any atom is 0.142 e. The number of rotatable bonds is 1. The molecule has 2 N–H and O–H groups in total. The topological polar surface area (TPSA) is 53.4 Å². The number of aliphatic hydroxyl groups is 1. The minimum Gasteiger partial charge on any atom is -0.506 e. The summed E-state index contributed by atoms with van der Waals surface area (Å²) in [6.07, 6.45) is 1.56. The Morgan fingerprint density at radius 1 is 1.60 bits per heavy atom. The van der Waals surface area contributed by atoms with Crippen LogP contribution in [0.25, 0.3) is 0 Å². The predicted octanol–water partition coefficient (Wildman–Crippen LogP) is 0.588. The van der Waals surface area contributed by atoms with E-state index in [1.165, 1.54) is 0 Å². The molecule has 1 rings (SSSR count). The highest BCUT2D eigenvalue weighted by Gasteiger charge is 2.01. The van der Waals surface area contributed by atoms with E-state index in [1.807, 2.05) is 0 Å². The number of pyridine rings is 1. The summed E-state index contributed by atoms with van der Waals surface area (Å²) in [6.45, 7) is 1.55. The molecule has 10 heavy (non-hydrogen) atoms. The summed E-state index contributed by atoms with van der Waals surface area (Å²) in [7, 11) is 0. The molecule has 1 heterocycles. The van der Waals surface area contributed by atoms with Gasteiger partial charge in [0.25, 0.3) is 0 Å². The first-order chi connectivity index (χ1) is 4.75. The van der Waals surface area contributed by atoms with E-state index in [0.717, 1.165) is 0 Å². The molecule has 0 bridgehead atoms. The molecule has 0 saturated heterocycles. The maximum absolute atomic E-state index is 9.18. The fourth-order valence-electron chi connectivity index (χ4n) is 0.739. The van der Waals surface area contributed by atoms with Crippen LogP contribution in [0.15, 0.2) is 12.3 Å². The largest absolute Gasteiger partial charge is 0.506 e. The molecular formula is C7H9NO2. The molecule has 3 nitrogen and oxygen atoms in total. The molecule has 54 valence electrons. The lowest BCUT2D eigenvalue weighted by atomic mass is 10.2. The number of nitrogens with zero attached hydrogens (tertiary/aromatic N) is 1. The third-order valence-corrected chi connectivity index (χ3v) is 1.36. The van der Waals surface area contributed by atoms with Gasteiger partial charge in [0.15, 0.2) is 0 Å². The zero-order valence-electron chi connectivity index (χ0n) is 5.70. The van der Waals surface area contributed by atoms with Crippen LogP contribution < -0.4 is 0 Å². The second kappa shape index (κ2) is 2.66. The van der Waals surface area contributed by atoms with Gasteiger partial charge in [-0.15, -0.1) is 0 Å². The molecular weight excluding hydrogens is 130 g/mol. The first-order valence-electron chi connectivity index (χ1n) is 3.00. The minimum absolute atomic E-state index is 0.0880. The van der Waals surface area contributed by atoms with Gasteiger partial charge < -0.3 is 10.2 Å². The Bertz CT molecular complexity index is 235. The molecule has 0 atom stereocenters. The third-order valence-electron chi connectivity index (χ3n) is 1.36. The summed E-state index contributed by atoms with van der Waals surface area (Å²) in [5, 5.41) is 17.8. The predicted molar refractivity (Wildman–Crippen MR) is 36.6 cm³/mol. The smallest absolute Gasteiger partial charge is 0.142 e. The second-order valence-corrected chi connectivity index (χ2v) is 2.06. The lowest BCUT2D eigenvalue weighted by Gasteiger charge is -2.01. The van der Waals surface area contributed by atoms with Gasteiger partial charge in [-0.1, -0.05) is 0 Å². The monoisotopic (exact) mass is 139 g/mol. The van der Waals surface area contributed by atoms with Crippen molar-refractivity contribution >= 4 is 0 Å². The zero-order valence-corrected chi connectivity index (χ0v) is 5.70. The Hall–Kier alpha value is -1.09. The van der Waals surface area contributed by atoms with Gasteiger partial charge in [-0.2, -0.15) is 0 Å². The summed E-state index contributed by atoms with van der Waals surface area (Å²) >= 11 is 0. The van der Waals surface area contributed by atoms with Gasteiger partial charge in [0.05, 0.1) is 12.3 Å². The van der Waals surface area contributed by atoms with E-state index in [0.29, 0.717) is 11.3 Å². The fraction of sp³-hybridized carbons (Fsp3) is 0.286. The number of aryl methyl sites for hydroxylation is 1. The van der Waals surface area contributed by atoms with Gasteiger partial charge in [-0.05, 0) is 13.0 Å². The molecule has 0 aliphatic heterocycles. The van der Waals surface area contributed by atoms with Crippen LogP contribution >= 0.6 is 0 Å². The molecule has 0 aliphatic rings. The van der Waals surface area contributed by atoms with Crippen LogP contribution in [0, 0.1) is 6.92 Å². The Morgan fingerprint density at radius 2 is 2.30 bits per heavy atom. The Kier molecular flexibility index (Phi) is 1.87. The zero-order chi connectivity index (χ0) is 7.56. The molecule has 0 saturated carbocycles. The van der Waals surface area contributed by atoms with Crippen molar-refractivity contribution in [3.8, 4) is 5.75 Å². The highest BCUT2D eigenvalue weighted by Crippen LogP contribution is 2.18. The van der Waals surface area contributed by atoms with Gasteiger partial charge in [0, 0.05) is 11.8 Å². The highest BCUT2D eigenvalue weighted by molar-refractivity contribution is 5.33. The average molecular weight is 139 g/mol. The Labute approximate surface area is 59.0 Å². The van der Waals surface area contributed by atoms with Gasteiger partial charge in [-0.3, -0.25) is 4.98 Å². The summed E-state index contributed by atoms with van der Waals surface area (Å²) in [5.74, 6) is 0.0880. The second-order valence-electron chi connectivity index (χ2n) is 2.06. The lowest BCUT2D eigenvalue weighted by molar-refractivity contribution is 0.275. The van der Waals surface area contributed by atoms with Crippen LogP contribution in [0.5, 0.6) is 5.75 Å². The summed E-state index contributed by atoms with van der Waals surface area (Å²) in [4.78, 5) is 3.83. The number of aromatic hydroxyl groups is 1. The van der Waals surface area contributed by atoms with Gasteiger partial charge in [0.2, 0.25) is 0 Å². The number of aromatic nitrogens is 1. The van der Waals surface area contributed by atoms with Crippen molar-refractivity contribution in [1.82, 2.24) is 4.98 Å². The van der Waals surface area contributed by atoms with Crippen LogP contribution in [0.4, 0.5) is 0 Å². The van der Waals surface area contributed by atoms with E-state index < -0.39 is 0 Å². The standard InChI is InChI=1S/C7H9NO2/c1-5-7(10)6(4-9)2-3-8-5/h2-3,9-10H,4H2,1H3. The normalized spacial score (nSPS) is 9.80. The maximum atomic E-state index is 9.18. The van der Waals surface area contributed by atoms with Crippen LogP contribution in [-0.4, -0.2) is 15.2 Å². The number of hydrogen-bond acceptors (Lipinski definition) is 3. The van der Waals surface area contributed by atoms with Crippen LogP contribution in [0.2, 0.25) is 0 Å². The third kappa shape index (κ3) is 1.09. The molecule has 0 fully saturated rings. The molecule has 1 aromatic rings. The van der Waals surface area contributed by atoms with Crippen molar-refractivity contribution in [2.45, 2.75) is 13.5 Å². The van der Waals surface area contributed by atoms with E-state index in [9.17, 15) is 5.11 Å². The van der Waals surface area contributed by atoms with Crippen molar-refractivity contribution in [3.63, 3.8) is 0 Å². The van der Waals surface area contributed by atoms with Crippen molar-refractivity contribution < 1.29 is 10.2 Å². The van der Waals surface area contributed by atoms with Gasteiger partial charge >= 0.3 is 0 Å². The first kappa shape index (κ1) is 7.02. The molecule has 0 unspecified atom stereocenters. The number of hydrogen-bond donors (Lipinski definition) is 2. The van der Waals surface area contributed by atoms with E-state index in [4.69, 9.17) is 5.11 Å². The van der Waals surface area contributed by atoms with E-state index in [-0.39, 0.29) is 12.4 Å². The van der Waals surface area contributed by atoms with Crippen LogP contribution in [0.1, 0.15) is 11.3 Å². The SMILES string of the molecule is Cc1nccc(CO)c1O. The molecule has 0 aromatic carbocycles. The molecule has 0 aliphatic carbocycles. The fourth-order valence-corrected chi connectivity index (χ4v) is 0.739. The van der Waals surface area contributed by atoms with Crippen molar-refractivity contribution in [1.29, 1.82) is 0 Å². The number of aliphatic hydroxyl groups excluding tert-OH is 1. The van der Waals surface area contributed by atoms with E-state index >= 15 is 0 Å². The average Bonchev–Trinajstić information content (AvgIpc) is 1.95. The van der Waals surface area contributed by atoms with E-state index in [1.54, 1.807) is 19.2 Å². The van der Waals surface area contributed by atoms with Crippen molar-refractivity contribution in [3.05, 3.63) is 23.5 Å². The molecule has 0 radical (unpaired) electrons. The summed E-state index contributed by atoms with van der Waals surface area (Å²) in [5.41, 5.74) is 1.07. The minimum atomic E-state index is -0.144. The molecule has 3 heteroatoms. The quantitative estimate of drug-likeness (QED) is 0.598. The Morgan fingerprint density at radius 3 is 2.80 bits per heavy atom. The van der Waals surface area contributed by atoms with Gasteiger partial charge in [0.1, 0.15) is 5.75 Å². The van der Waals surface area contributed by atoms with Crippen LogP contribution in [0.3, 0.4) is 0 Å². The highest BCUT2D eigenvalue weighted by atomic mass is 16.3. The molecule has 1 aromatic heterocycles. The van der Waals surface area contributed by atoms with Gasteiger partial charge in [-0.25, -0.2) is 0 Å². The van der Waals surface area contributed by atoms with Crippen molar-refractivity contribution in [2.24, 2.45) is 0 Å². The van der Waals surface area contributed by atoms with E-state index in [2.05, 4.69) is 4.98 Å². The van der Waals surface area contributed by atoms with Crippen molar-refractivity contribution in [2.75, 3.05) is 0 Å². The summed E-state index contributed by atoms with van der Waals surface area (Å²) in [6, 6.07) is 1.59. The summed E-state index contributed by atoms with van der Waals surface area (Å²) < 4.78 is 0. The lowest BCUT2D eigenvalue weighted by Crippen LogP contribution is -1.88. The van der Waals surface area contributed by atoms with Crippen LogP contribution in [-0.2, 0) is 6.61 Å². The first-order valence-corrected chi connectivity index (χ1v) is 3.00. The molecule has 0 amide bonds. The molecule has 0 spiro atoms.